The SMILES string of the molecule is CCCNc1snnc1COc1ccc(Br)cc1Cl. The molecule has 0 aliphatic carbocycles. The van der Waals surface area contributed by atoms with Crippen molar-refractivity contribution >= 4 is 44.1 Å². The van der Waals surface area contributed by atoms with Crippen molar-refractivity contribution in [3.63, 3.8) is 0 Å². The minimum Gasteiger partial charge on any atom is -0.486 e. The first kappa shape index (κ1) is 14.6. The van der Waals surface area contributed by atoms with Crippen molar-refractivity contribution in [1.82, 2.24) is 9.59 Å². The number of anilines is 1. The molecule has 0 aliphatic rings. The fourth-order valence-electron chi connectivity index (χ4n) is 1.41. The molecule has 1 aromatic heterocycles. The zero-order valence-corrected chi connectivity index (χ0v) is 13.5. The molecule has 7 heteroatoms. The van der Waals surface area contributed by atoms with Crippen LogP contribution in [0.5, 0.6) is 5.75 Å². The Kier molecular flexibility index (Phi) is 5.42. The zero-order chi connectivity index (χ0) is 13.7. The summed E-state index contributed by atoms with van der Waals surface area (Å²) in [5.41, 5.74) is 0.803. The number of aromatic nitrogens is 2. The molecular weight excluding hydrogens is 350 g/mol. The monoisotopic (exact) mass is 361 g/mol. The lowest BCUT2D eigenvalue weighted by Gasteiger charge is -2.08. The molecule has 1 heterocycles. The van der Waals surface area contributed by atoms with Gasteiger partial charge in [-0.2, -0.15) is 0 Å². The third kappa shape index (κ3) is 4.06. The van der Waals surface area contributed by atoms with Crippen molar-refractivity contribution < 1.29 is 4.74 Å². The summed E-state index contributed by atoms with van der Waals surface area (Å²) < 4.78 is 10.5. The molecule has 0 fully saturated rings. The topological polar surface area (TPSA) is 47.0 Å². The van der Waals surface area contributed by atoms with E-state index in [1.807, 2.05) is 12.1 Å². The van der Waals surface area contributed by atoms with E-state index in [4.69, 9.17) is 16.3 Å². The van der Waals surface area contributed by atoms with Gasteiger partial charge in [-0.15, -0.1) is 5.10 Å². The predicted octanol–water partition coefficient (Wildman–Crippen LogP) is 4.35. The van der Waals surface area contributed by atoms with Crippen molar-refractivity contribution in [3.8, 4) is 5.75 Å². The molecule has 0 spiro atoms. The lowest BCUT2D eigenvalue weighted by atomic mass is 10.3. The Morgan fingerprint density at radius 2 is 2.32 bits per heavy atom. The second-order valence-corrected chi connectivity index (χ2v) is 5.92. The number of halogens is 2. The quantitative estimate of drug-likeness (QED) is 0.829. The molecular formula is C12H13BrClN3OS. The van der Waals surface area contributed by atoms with E-state index in [1.165, 1.54) is 11.5 Å². The number of ether oxygens (including phenoxy) is 1. The summed E-state index contributed by atoms with van der Waals surface area (Å²) in [5.74, 6) is 0.638. The predicted molar refractivity (Wildman–Crippen MR) is 82.2 cm³/mol. The van der Waals surface area contributed by atoms with Crippen molar-refractivity contribution in [3.05, 3.63) is 33.4 Å². The van der Waals surface area contributed by atoms with Gasteiger partial charge < -0.3 is 10.1 Å². The number of rotatable bonds is 6. The Balaban J connectivity index is 2.00. The van der Waals surface area contributed by atoms with Gasteiger partial charge in [0.15, 0.2) is 0 Å². The van der Waals surface area contributed by atoms with E-state index in [2.05, 4.69) is 37.8 Å². The fraction of sp³-hybridized carbons (Fsp3) is 0.333. The maximum atomic E-state index is 6.09. The largest absolute Gasteiger partial charge is 0.486 e. The molecule has 19 heavy (non-hydrogen) atoms. The van der Waals surface area contributed by atoms with Gasteiger partial charge in [-0.25, -0.2) is 0 Å². The highest BCUT2D eigenvalue weighted by molar-refractivity contribution is 9.10. The summed E-state index contributed by atoms with van der Waals surface area (Å²) in [4.78, 5) is 0. The number of hydrogen-bond donors (Lipinski definition) is 1. The molecule has 0 radical (unpaired) electrons. The molecule has 1 aromatic carbocycles. The summed E-state index contributed by atoms with van der Waals surface area (Å²) in [5, 5.41) is 8.86. The molecule has 0 saturated heterocycles. The number of hydrogen-bond acceptors (Lipinski definition) is 5. The minimum atomic E-state index is 0.351. The Labute approximate surface area is 129 Å². The highest BCUT2D eigenvalue weighted by Crippen LogP contribution is 2.29. The molecule has 2 rings (SSSR count). The van der Waals surface area contributed by atoms with Gasteiger partial charge in [0, 0.05) is 22.5 Å². The molecule has 0 unspecified atom stereocenters. The van der Waals surface area contributed by atoms with Gasteiger partial charge in [0.05, 0.1) is 5.02 Å². The van der Waals surface area contributed by atoms with Gasteiger partial charge in [-0.3, -0.25) is 0 Å². The molecule has 0 bridgehead atoms. The van der Waals surface area contributed by atoms with Gasteiger partial charge >= 0.3 is 0 Å². The second-order valence-electron chi connectivity index (χ2n) is 3.84. The number of nitrogens with zero attached hydrogens (tertiary/aromatic N) is 2. The summed E-state index contributed by atoms with van der Waals surface area (Å²) in [7, 11) is 0. The van der Waals surface area contributed by atoms with Gasteiger partial charge in [0.2, 0.25) is 0 Å². The van der Waals surface area contributed by atoms with Crippen LogP contribution < -0.4 is 10.1 Å². The highest BCUT2D eigenvalue weighted by Gasteiger charge is 2.09. The van der Waals surface area contributed by atoms with E-state index in [-0.39, 0.29) is 0 Å². The lowest BCUT2D eigenvalue weighted by molar-refractivity contribution is 0.302. The van der Waals surface area contributed by atoms with E-state index in [9.17, 15) is 0 Å². The Morgan fingerprint density at radius 3 is 3.05 bits per heavy atom. The van der Waals surface area contributed by atoms with E-state index < -0.39 is 0 Å². The van der Waals surface area contributed by atoms with Crippen LogP contribution in [0.4, 0.5) is 5.00 Å². The smallest absolute Gasteiger partial charge is 0.138 e. The molecule has 2 aromatic rings. The zero-order valence-electron chi connectivity index (χ0n) is 10.3. The maximum Gasteiger partial charge on any atom is 0.138 e. The molecule has 0 atom stereocenters. The summed E-state index contributed by atoms with van der Waals surface area (Å²) in [6.45, 7) is 3.36. The Morgan fingerprint density at radius 1 is 1.47 bits per heavy atom. The molecule has 1 N–H and O–H groups in total. The van der Waals surface area contributed by atoms with E-state index in [0.717, 1.165) is 28.1 Å². The van der Waals surface area contributed by atoms with Crippen LogP contribution in [0.25, 0.3) is 0 Å². The van der Waals surface area contributed by atoms with Gasteiger partial charge in [0.25, 0.3) is 0 Å². The fourth-order valence-corrected chi connectivity index (χ4v) is 2.73. The average Bonchev–Trinajstić information content (AvgIpc) is 2.83. The normalized spacial score (nSPS) is 10.5. The van der Waals surface area contributed by atoms with Crippen molar-refractivity contribution in [1.29, 1.82) is 0 Å². The van der Waals surface area contributed by atoms with Crippen LogP contribution in [0, 0.1) is 0 Å². The number of benzene rings is 1. The Bertz CT molecular complexity index is 550. The van der Waals surface area contributed by atoms with Gasteiger partial charge in [0.1, 0.15) is 23.1 Å². The standard InChI is InChI=1S/C12H13BrClN3OS/c1-2-5-15-12-10(16-17-19-12)7-18-11-4-3-8(13)6-9(11)14/h3-4,6,15H,2,5,7H2,1H3. The molecule has 0 saturated carbocycles. The van der Waals surface area contributed by atoms with Crippen LogP contribution in [-0.2, 0) is 6.61 Å². The van der Waals surface area contributed by atoms with Crippen molar-refractivity contribution in [2.45, 2.75) is 20.0 Å². The number of nitrogens with one attached hydrogen (secondary N) is 1. The van der Waals surface area contributed by atoms with E-state index >= 15 is 0 Å². The van der Waals surface area contributed by atoms with E-state index in [0.29, 0.717) is 17.4 Å². The summed E-state index contributed by atoms with van der Waals surface area (Å²) in [6, 6.07) is 5.51. The van der Waals surface area contributed by atoms with Crippen LogP contribution in [0.15, 0.2) is 22.7 Å². The second kappa shape index (κ2) is 7.07. The summed E-state index contributed by atoms with van der Waals surface area (Å²) >= 11 is 10.8. The third-order valence-electron chi connectivity index (χ3n) is 2.35. The third-order valence-corrected chi connectivity index (χ3v) is 3.86. The van der Waals surface area contributed by atoms with Crippen LogP contribution in [-0.4, -0.2) is 16.1 Å². The minimum absolute atomic E-state index is 0.351. The van der Waals surface area contributed by atoms with Crippen molar-refractivity contribution in [2.75, 3.05) is 11.9 Å². The Hall–Kier alpha value is -0.850. The van der Waals surface area contributed by atoms with Crippen LogP contribution >= 0.6 is 39.1 Å². The van der Waals surface area contributed by atoms with Crippen LogP contribution in [0.2, 0.25) is 5.02 Å². The van der Waals surface area contributed by atoms with Crippen molar-refractivity contribution in [2.24, 2.45) is 0 Å². The van der Waals surface area contributed by atoms with Crippen LogP contribution in [0.3, 0.4) is 0 Å². The van der Waals surface area contributed by atoms with Gasteiger partial charge in [-0.05, 0) is 24.6 Å². The van der Waals surface area contributed by atoms with Gasteiger partial charge in [-0.1, -0.05) is 38.9 Å². The highest BCUT2D eigenvalue weighted by atomic mass is 79.9. The first-order valence-corrected chi connectivity index (χ1v) is 7.78. The first-order valence-electron chi connectivity index (χ1n) is 5.83. The molecule has 0 amide bonds. The average molecular weight is 363 g/mol. The van der Waals surface area contributed by atoms with E-state index in [1.54, 1.807) is 6.07 Å². The molecule has 4 nitrogen and oxygen atoms in total. The molecule has 0 aliphatic heterocycles. The van der Waals surface area contributed by atoms with Crippen LogP contribution in [0.1, 0.15) is 19.0 Å². The lowest BCUT2D eigenvalue weighted by Crippen LogP contribution is -2.03. The summed E-state index contributed by atoms with van der Waals surface area (Å²) in [6.07, 6.45) is 1.05. The first-order chi connectivity index (χ1) is 9.20. The maximum absolute atomic E-state index is 6.09. The molecule has 102 valence electrons.